The smallest absolute Gasteiger partial charge is 0.229 e. The third-order valence-corrected chi connectivity index (χ3v) is 5.83. The Morgan fingerprint density at radius 2 is 1.89 bits per heavy atom. The Morgan fingerprint density at radius 1 is 1.22 bits per heavy atom. The van der Waals surface area contributed by atoms with Gasteiger partial charge in [-0.3, -0.25) is 9.82 Å². The Labute approximate surface area is 214 Å². The highest BCUT2D eigenvalue weighted by Gasteiger charge is 2.23. The van der Waals surface area contributed by atoms with Crippen molar-refractivity contribution < 1.29 is 22.0 Å². The number of benzene rings is 2. The average molecular weight is 546 g/mol. The minimum absolute atomic E-state index is 0.195. The molecule has 0 atom stereocenters. The minimum atomic E-state index is -3.55. The van der Waals surface area contributed by atoms with Crippen molar-refractivity contribution in [2.75, 3.05) is 11.0 Å². The van der Waals surface area contributed by atoms with E-state index in [1.165, 1.54) is 18.5 Å². The van der Waals surface area contributed by atoms with Crippen molar-refractivity contribution in [3.63, 3.8) is 0 Å². The van der Waals surface area contributed by atoms with Gasteiger partial charge in [0.25, 0.3) is 0 Å². The molecule has 4 aromatic rings. The maximum absolute atomic E-state index is 13.4. The third kappa shape index (κ3) is 7.55. The number of aromatic amines is 1. The van der Waals surface area contributed by atoms with Crippen LogP contribution in [0.15, 0.2) is 51.9 Å². The first-order valence-corrected chi connectivity index (χ1v) is 16.5. The molecule has 2 heterocycles. The zero-order chi connectivity index (χ0) is 27.4. The molecular formula is C23H28FN7O4SSi. The summed E-state index contributed by atoms with van der Waals surface area (Å²) in [6, 6.07) is 9.09. The molecule has 11 nitrogen and oxygen atoms in total. The summed E-state index contributed by atoms with van der Waals surface area (Å²) in [4.78, 5) is 6.93. The van der Waals surface area contributed by atoms with Gasteiger partial charge >= 0.3 is 0 Å². The highest BCUT2D eigenvalue weighted by molar-refractivity contribution is 7.92. The number of azide groups is 1. The Bertz CT molecular complexity index is 1520. The zero-order valence-electron chi connectivity index (χ0n) is 21.3. The Hall–Kier alpha value is -3.87. The van der Waals surface area contributed by atoms with Crippen molar-refractivity contribution >= 4 is 34.9 Å². The molecule has 14 heteroatoms. The number of nitrogens with one attached hydrogen (secondary N) is 2. The second-order valence-electron chi connectivity index (χ2n) is 9.39. The van der Waals surface area contributed by atoms with Crippen LogP contribution in [0.1, 0.15) is 13.8 Å². The maximum atomic E-state index is 13.4. The molecule has 0 radical (unpaired) electrons. The quantitative estimate of drug-likeness (QED) is 0.120. The van der Waals surface area contributed by atoms with E-state index in [2.05, 4.69) is 29.6 Å². The molecule has 196 valence electrons. The number of rotatable bonds is 7. The van der Waals surface area contributed by atoms with Gasteiger partial charge in [0.15, 0.2) is 5.82 Å². The number of furan rings is 1. The fraction of sp³-hybridized carbons (Fsp3) is 0.304. The Balaban J connectivity index is 0.000000479. The molecule has 0 saturated carbocycles. The van der Waals surface area contributed by atoms with Crippen LogP contribution in [0.25, 0.3) is 44.1 Å². The van der Waals surface area contributed by atoms with Gasteiger partial charge in [0.2, 0.25) is 10.0 Å². The van der Waals surface area contributed by atoms with Gasteiger partial charge in [-0.2, -0.15) is 5.10 Å². The van der Waals surface area contributed by atoms with Gasteiger partial charge in [-0.1, -0.05) is 19.6 Å². The molecule has 2 aromatic carbocycles. The lowest BCUT2D eigenvalue weighted by atomic mass is 10.0. The van der Waals surface area contributed by atoms with Crippen LogP contribution in [-0.2, 0) is 10.0 Å². The van der Waals surface area contributed by atoms with E-state index in [4.69, 9.17) is 14.7 Å². The first kappa shape index (κ1) is 27.7. The number of sulfonamides is 1. The Morgan fingerprint density at radius 3 is 2.38 bits per heavy atom. The van der Waals surface area contributed by atoms with Crippen LogP contribution in [0.5, 0.6) is 5.75 Å². The molecule has 0 saturated heterocycles. The average Bonchev–Trinajstić information content (AvgIpc) is 3.40. The van der Waals surface area contributed by atoms with E-state index in [-0.39, 0.29) is 17.6 Å². The van der Waals surface area contributed by atoms with Crippen LogP contribution in [0.3, 0.4) is 0 Å². The number of hydrogen-bond acceptors (Lipinski definition) is 7. The van der Waals surface area contributed by atoms with Gasteiger partial charge in [0.05, 0.1) is 23.6 Å². The zero-order valence-corrected chi connectivity index (χ0v) is 23.1. The van der Waals surface area contributed by atoms with Gasteiger partial charge in [-0.25, -0.2) is 17.8 Å². The lowest BCUT2D eigenvalue weighted by molar-refractivity contribution is 0.244. The first-order valence-electron chi connectivity index (χ1n) is 11.2. The van der Waals surface area contributed by atoms with Crippen LogP contribution in [-0.4, -0.2) is 44.2 Å². The molecule has 0 amide bonds. The van der Waals surface area contributed by atoms with Crippen molar-refractivity contribution in [1.29, 1.82) is 0 Å². The fourth-order valence-electron chi connectivity index (χ4n) is 3.25. The minimum Gasteiger partial charge on any atom is -0.489 e. The van der Waals surface area contributed by atoms with E-state index < -0.39 is 18.3 Å². The number of H-pyrrole nitrogens is 1. The largest absolute Gasteiger partial charge is 0.489 e. The molecule has 0 aliphatic rings. The molecule has 0 fully saturated rings. The highest BCUT2D eigenvalue weighted by atomic mass is 32.2. The van der Waals surface area contributed by atoms with Gasteiger partial charge in [0.1, 0.15) is 37.5 Å². The second-order valence-corrected chi connectivity index (χ2v) is 15.7. The highest BCUT2D eigenvalue weighted by Crippen LogP contribution is 2.43. The molecule has 37 heavy (non-hydrogen) atoms. The molecule has 0 aliphatic heterocycles. The predicted octanol–water partition coefficient (Wildman–Crippen LogP) is 6.31. The van der Waals surface area contributed by atoms with Crippen molar-refractivity contribution in [3.05, 3.63) is 59.0 Å². The lowest BCUT2D eigenvalue weighted by Crippen LogP contribution is -2.13. The van der Waals surface area contributed by atoms with Crippen LogP contribution in [0, 0.1) is 5.82 Å². The van der Waals surface area contributed by atoms with Crippen LogP contribution < -0.4 is 9.46 Å². The number of aromatic nitrogens is 3. The number of ether oxygens (including phenoxy) is 1. The van der Waals surface area contributed by atoms with Crippen molar-refractivity contribution in [1.82, 2.24) is 15.2 Å². The third-order valence-electron chi connectivity index (χ3n) is 4.55. The molecule has 0 spiro atoms. The van der Waals surface area contributed by atoms with E-state index in [0.717, 1.165) is 6.26 Å². The van der Waals surface area contributed by atoms with E-state index in [9.17, 15) is 12.8 Å². The summed E-state index contributed by atoms with van der Waals surface area (Å²) in [5.41, 5.74) is 9.79. The SMILES string of the molecule is CC(C)Oc1cc2c(-c3ncn[nH]3)c(-c3ccc(F)cc3)oc2cc1NS(C)(=O)=O.C[Si](C)(C)N=[N+]=[N-]. The van der Waals surface area contributed by atoms with Crippen LogP contribution in [0.2, 0.25) is 19.6 Å². The first-order chi connectivity index (χ1) is 17.3. The standard InChI is InChI=1S/C20H19FN4O4S.C3H9N3Si/c1-11(2)28-17-8-14-16(9-15(17)25-30(3,26)27)29-19(12-4-6-13(21)7-5-12)18(14)20-22-10-23-24-20;1-7(2,3)6-5-4/h4-11,25H,1-3H3,(H,22,23,24);1-3H3. The van der Waals surface area contributed by atoms with Crippen molar-refractivity contribution in [2.45, 2.75) is 39.6 Å². The second kappa shape index (κ2) is 11.0. The van der Waals surface area contributed by atoms with Gasteiger partial charge in [-0.05, 0) is 54.6 Å². The van der Waals surface area contributed by atoms with Gasteiger partial charge in [0, 0.05) is 17.0 Å². The Kier molecular flexibility index (Phi) is 8.26. The molecule has 2 aromatic heterocycles. The van der Waals surface area contributed by atoms with Crippen molar-refractivity contribution in [2.24, 2.45) is 4.78 Å². The van der Waals surface area contributed by atoms with E-state index >= 15 is 0 Å². The summed E-state index contributed by atoms with van der Waals surface area (Å²) in [6.07, 6.45) is 2.23. The van der Waals surface area contributed by atoms with E-state index in [0.29, 0.717) is 39.4 Å². The van der Waals surface area contributed by atoms with Crippen LogP contribution >= 0.6 is 0 Å². The van der Waals surface area contributed by atoms with Crippen molar-refractivity contribution in [3.8, 4) is 28.5 Å². The summed E-state index contributed by atoms with van der Waals surface area (Å²) in [6.45, 7) is 9.66. The predicted molar refractivity (Wildman–Crippen MR) is 144 cm³/mol. The van der Waals surface area contributed by atoms with Gasteiger partial charge < -0.3 is 9.15 Å². The summed E-state index contributed by atoms with van der Waals surface area (Å²) < 4.78 is 55.0. The topological polar surface area (TPSA) is 159 Å². The van der Waals surface area contributed by atoms with E-state index in [1.54, 1.807) is 24.3 Å². The monoisotopic (exact) mass is 545 g/mol. The summed E-state index contributed by atoms with van der Waals surface area (Å²) in [5, 5.41) is 7.37. The molecule has 0 bridgehead atoms. The molecule has 0 unspecified atom stereocenters. The summed E-state index contributed by atoms with van der Waals surface area (Å²) in [7, 11) is -5.00. The maximum Gasteiger partial charge on any atom is 0.229 e. The fourth-order valence-corrected chi connectivity index (χ4v) is 4.08. The molecule has 0 aliphatic carbocycles. The van der Waals surface area contributed by atoms with Gasteiger partial charge in [-0.15, -0.1) is 4.78 Å². The number of halogens is 1. The number of hydrogen-bond donors (Lipinski definition) is 2. The molecule has 4 rings (SSSR count). The van der Waals surface area contributed by atoms with Crippen LogP contribution in [0.4, 0.5) is 10.1 Å². The molecular weight excluding hydrogens is 517 g/mol. The van der Waals surface area contributed by atoms with E-state index in [1.807, 2.05) is 33.5 Å². The lowest BCUT2D eigenvalue weighted by Gasteiger charge is -2.15. The number of fused-ring (bicyclic) bond motifs is 1. The normalized spacial score (nSPS) is 11.6. The summed E-state index contributed by atoms with van der Waals surface area (Å²) in [5.74, 6) is 0.861. The molecule has 2 N–H and O–H groups in total. The summed E-state index contributed by atoms with van der Waals surface area (Å²) >= 11 is 0. The number of nitrogens with zero attached hydrogens (tertiary/aromatic N) is 5. The number of anilines is 1.